The predicted octanol–water partition coefficient (Wildman–Crippen LogP) is 1.55. The number of aliphatic imine (C=N–C) groups is 1. The molecule has 1 amide bonds. The number of guanidine groups is 1. The van der Waals surface area contributed by atoms with E-state index in [2.05, 4.69) is 36.0 Å². The van der Waals surface area contributed by atoms with Crippen molar-refractivity contribution in [2.24, 2.45) is 10.9 Å². The summed E-state index contributed by atoms with van der Waals surface area (Å²) in [5.41, 5.74) is 0. The Morgan fingerprint density at radius 1 is 1.50 bits per heavy atom. The largest absolute Gasteiger partial charge is 0.354 e. The van der Waals surface area contributed by atoms with Gasteiger partial charge < -0.3 is 15.1 Å². The number of nitrogens with zero attached hydrogens (tertiary/aromatic N) is 3. The van der Waals surface area contributed by atoms with Crippen LogP contribution in [0.25, 0.3) is 0 Å². The van der Waals surface area contributed by atoms with E-state index in [0.29, 0.717) is 12.0 Å². The van der Waals surface area contributed by atoms with Crippen LogP contribution in [0.1, 0.15) is 40.0 Å². The number of rotatable bonds is 4. The van der Waals surface area contributed by atoms with Crippen molar-refractivity contribution in [3.05, 3.63) is 0 Å². The van der Waals surface area contributed by atoms with Crippen LogP contribution in [0.3, 0.4) is 0 Å². The minimum Gasteiger partial charge on any atom is -0.354 e. The summed E-state index contributed by atoms with van der Waals surface area (Å²) in [4.78, 5) is 20.1. The van der Waals surface area contributed by atoms with Crippen molar-refractivity contribution >= 4 is 11.9 Å². The number of likely N-dealkylation sites (tertiary alicyclic amines) is 1. The highest BCUT2D eigenvalue weighted by atomic mass is 16.2. The zero-order valence-corrected chi connectivity index (χ0v) is 13.6. The van der Waals surface area contributed by atoms with E-state index in [4.69, 9.17) is 0 Å². The van der Waals surface area contributed by atoms with Gasteiger partial charge in [0, 0.05) is 33.2 Å². The summed E-state index contributed by atoms with van der Waals surface area (Å²) in [5, 5.41) is 3.46. The van der Waals surface area contributed by atoms with Gasteiger partial charge in [-0.2, -0.15) is 0 Å². The van der Waals surface area contributed by atoms with Crippen LogP contribution in [0.4, 0.5) is 0 Å². The quantitative estimate of drug-likeness (QED) is 0.629. The molecule has 1 heterocycles. The Bertz CT molecular complexity index is 341. The van der Waals surface area contributed by atoms with Gasteiger partial charge in [0.05, 0.1) is 0 Å². The molecule has 1 aliphatic rings. The van der Waals surface area contributed by atoms with Crippen molar-refractivity contribution in [3.63, 3.8) is 0 Å². The molecule has 1 saturated heterocycles. The predicted molar refractivity (Wildman–Crippen MR) is 83.9 cm³/mol. The van der Waals surface area contributed by atoms with Crippen LogP contribution in [-0.4, -0.2) is 61.4 Å². The van der Waals surface area contributed by atoms with E-state index in [1.54, 1.807) is 19.0 Å². The van der Waals surface area contributed by atoms with Gasteiger partial charge in [-0.05, 0) is 32.1 Å². The lowest BCUT2D eigenvalue weighted by Crippen LogP contribution is -2.49. The van der Waals surface area contributed by atoms with E-state index < -0.39 is 0 Å². The molecular formula is C15H30N4O. The summed E-state index contributed by atoms with van der Waals surface area (Å²) in [5.74, 6) is 1.62. The maximum Gasteiger partial charge on any atom is 0.243 e. The number of carbonyl (C=O) groups is 1. The highest BCUT2D eigenvalue weighted by Crippen LogP contribution is 2.15. The Morgan fingerprint density at radius 2 is 2.20 bits per heavy atom. The first-order valence-corrected chi connectivity index (χ1v) is 7.70. The zero-order chi connectivity index (χ0) is 15.1. The van der Waals surface area contributed by atoms with Crippen LogP contribution in [0, 0.1) is 5.92 Å². The summed E-state index contributed by atoms with van der Waals surface area (Å²) >= 11 is 0. The first-order chi connectivity index (χ1) is 9.43. The van der Waals surface area contributed by atoms with E-state index >= 15 is 0 Å². The lowest BCUT2D eigenvalue weighted by molar-refractivity contribution is -0.127. The van der Waals surface area contributed by atoms with Gasteiger partial charge in [-0.25, -0.2) is 4.99 Å². The smallest absolute Gasteiger partial charge is 0.243 e. The van der Waals surface area contributed by atoms with Gasteiger partial charge in [-0.1, -0.05) is 13.8 Å². The molecule has 1 aliphatic heterocycles. The minimum absolute atomic E-state index is 0.0403. The van der Waals surface area contributed by atoms with E-state index in [1.807, 2.05) is 0 Å². The Morgan fingerprint density at radius 3 is 2.75 bits per heavy atom. The monoisotopic (exact) mass is 282 g/mol. The number of hydrogen-bond donors (Lipinski definition) is 1. The Kier molecular flexibility index (Phi) is 6.82. The number of piperidine rings is 1. The van der Waals surface area contributed by atoms with Gasteiger partial charge in [0.25, 0.3) is 0 Å². The molecule has 0 aliphatic carbocycles. The Hall–Kier alpha value is -1.26. The highest BCUT2D eigenvalue weighted by Gasteiger charge is 2.20. The van der Waals surface area contributed by atoms with Crippen LogP contribution in [0.5, 0.6) is 0 Å². The average molecular weight is 282 g/mol. The molecule has 0 aromatic carbocycles. The molecule has 1 N–H and O–H groups in total. The van der Waals surface area contributed by atoms with Gasteiger partial charge >= 0.3 is 0 Å². The van der Waals surface area contributed by atoms with Crippen LogP contribution in [0.15, 0.2) is 4.99 Å². The number of hydrogen-bond acceptors (Lipinski definition) is 2. The first kappa shape index (κ1) is 16.8. The summed E-state index contributed by atoms with van der Waals surface area (Å²) in [7, 11) is 3.53. The summed E-state index contributed by atoms with van der Waals surface area (Å²) in [6, 6.07) is 0.375. The second kappa shape index (κ2) is 8.12. The molecule has 0 aromatic rings. The first-order valence-electron chi connectivity index (χ1n) is 7.70. The lowest BCUT2D eigenvalue weighted by Gasteiger charge is -2.34. The molecule has 5 heteroatoms. The normalized spacial score (nSPS) is 21.6. The molecule has 0 bridgehead atoms. The zero-order valence-electron chi connectivity index (χ0n) is 13.6. The molecule has 116 valence electrons. The third-order valence-corrected chi connectivity index (χ3v) is 3.81. The number of carbonyl (C=O) groups excluding carboxylic acids is 1. The van der Waals surface area contributed by atoms with Gasteiger partial charge in [0.1, 0.15) is 6.54 Å². The fourth-order valence-electron chi connectivity index (χ4n) is 2.23. The van der Waals surface area contributed by atoms with Crippen molar-refractivity contribution in [1.82, 2.24) is 15.1 Å². The number of likely N-dealkylation sites (N-methyl/N-ethyl adjacent to an activating group) is 1. The van der Waals surface area contributed by atoms with Gasteiger partial charge in [0.15, 0.2) is 5.96 Å². The third-order valence-electron chi connectivity index (χ3n) is 3.81. The standard InChI is InChI=1S/C15H30N4O/c1-6-13(3)17-15(16-10-14(20)18(4)5)19-9-7-8-12(2)11-19/h12-13H,6-11H2,1-5H3,(H,16,17). The molecule has 1 fully saturated rings. The fraction of sp³-hybridized carbons (Fsp3) is 0.867. The Labute approximate surface area is 123 Å². The van der Waals surface area contributed by atoms with E-state index in [0.717, 1.165) is 25.5 Å². The van der Waals surface area contributed by atoms with Crippen molar-refractivity contribution in [2.75, 3.05) is 33.7 Å². The molecule has 0 saturated carbocycles. The SMILES string of the molecule is CCC(C)NC(=NCC(=O)N(C)C)N1CCCC(C)C1. The van der Waals surface area contributed by atoms with E-state index in [-0.39, 0.29) is 12.5 Å². The highest BCUT2D eigenvalue weighted by molar-refractivity contribution is 5.85. The maximum absolute atomic E-state index is 11.7. The Balaban J connectivity index is 2.73. The fourth-order valence-corrected chi connectivity index (χ4v) is 2.23. The van der Waals surface area contributed by atoms with E-state index in [1.165, 1.54) is 12.8 Å². The molecule has 0 radical (unpaired) electrons. The summed E-state index contributed by atoms with van der Waals surface area (Å²) in [6.07, 6.45) is 3.53. The molecule has 0 aromatic heterocycles. The average Bonchev–Trinajstić information content (AvgIpc) is 2.42. The molecule has 5 nitrogen and oxygen atoms in total. The van der Waals surface area contributed by atoms with Gasteiger partial charge in [-0.3, -0.25) is 4.79 Å². The van der Waals surface area contributed by atoms with Crippen molar-refractivity contribution in [2.45, 2.75) is 46.1 Å². The summed E-state index contributed by atoms with van der Waals surface area (Å²) < 4.78 is 0. The van der Waals surface area contributed by atoms with Gasteiger partial charge in [0.2, 0.25) is 5.91 Å². The van der Waals surface area contributed by atoms with Crippen molar-refractivity contribution in [3.8, 4) is 0 Å². The van der Waals surface area contributed by atoms with Crippen molar-refractivity contribution < 1.29 is 4.79 Å². The third kappa shape index (κ3) is 5.39. The number of nitrogens with one attached hydrogen (secondary N) is 1. The maximum atomic E-state index is 11.7. The van der Waals surface area contributed by atoms with Crippen molar-refractivity contribution in [1.29, 1.82) is 0 Å². The topological polar surface area (TPSA) is 47.9 Å². The molecule has 2 atom stereocenters. The second-order valence-electron chi connectivity index (χ2n) is 6.08. The number of amides is 1. The van der Waals surface area contributed by atoms with Crippen LogP contribution in [0.2, 0.25) is 0 Å². The minimum atomic E-state index is 0.0403. The van der Waals surface area contributed by atoms with E-state index in [9.17, 15) is 4.79 Å². The lowest BCUT2D eigenvalue weighted by atomic mass is 10.0. The molecule has 0 spiro atoms. The van der Waals surface area contributed by atoms with Gasteiger partial charge in [-0.15, -0.1) is 0 Å². The van der Waals surface area contributed by atoms with Crippen LogP contribution in [-0.2, 0) is 4.79 Å². The molecular weight excluding hydrogens is 252 g/mol. The van der Waals surface area contributed by atoms with Crippen LogP contribution >= 0.6 is 0 Å². The molecule has 1 rings (SSSR count). The summed E-state index contributed by atoms with van der Waals surface area (Å²) in [6.45, 7) is 8.85. The second-order valence-corrected chi connectivity index (χ2v) is 6.08. The molecule has 2 unspecified atom stereocenters. The van der Waals surface area contributed by atoms with Crippen LogP contribution < -0.4 is 5.32 Å². The molecule has 20 heavy (non-hydrogen) atoms.